The van der Waals surface area contributed by atoms with E-state index in [0.29, 0.717) is 24.8 Å². The number of fused-ring (bicyclic) bond motifs is 1. The molecule has 3 N–H and O–H groups in total. The molecule has 0 bridgehead atoms. The number of rotatable bonds is 4. The van der Waals surface area contributed by atoms with Gasteiger partial charge in [0.2, 0.25) is 0 Å². The summed E-state index contributed by atoms with van der Waals surface area (Å²) in [7, 11) is -1.70. The Morgan fingerprint density at radius 1 is 1.22 bits per heavy atom. The molecule has 0 aliphatic carbocycles. The molecule has 1 aliphatic rings. The second kappa shape index (κ2) is 8.48. The zero-order valence-corrected chi connectivity index (χ0v) is 18.6. The molecular weight excluding hydrogens is 434 g/mol. The van der Waals surface area contributed by atoms with Gasteiger partial charge in [-0.3, -0.25) is 4.79 Å². The number of hydrogen-bond acceptors (Lipinski definition) is 3. The van der Waals surface area contributed by atoms with E-state index in [1.165, 1.54) is 16.8 Å². The van der Waals surface area contributed by atoms with Gasteiger partial charge >= 0.3 is 0 Å². The van der Waals surface area contributed by atoms with Crippen molar-refractivity contribution < 1.29 is 17.8 Å². The van der Waals surface area contributed by atoms with Crippen LogP contribution in [0.5, 0.6) is 0 Å². The summed E-state index contributed by atoms with van der Waals surface area (Å²) in [6.07, 6.45) is 3.19. The molecule has 2 aromatic carbocycles. The van der Waals surface area contributed by atoms with Gasteiger partial charge in [-0.15, -0.1) is 0 Å². The number of halogens is 2. The molecule has 0 saturated heterocycles. The molecule has 6 nitrogen and oxygen atoms in total. The normalized spacial score (nSPS) is 20.4. The molecule has 0 fully saturated rings. The van der Waals surface area contributed by atoms with Gasteiger partial charge < -0.3 is 9.88 Å². The molecule has 32 heavy (non-hydrogen) atoms. The van der Waals surface area contributed by atoms with Crippen molar-refractivity contribution >= 4 is 21.5 Å². The Morgan fingerprint density at radius 2 is 1.94 bits per heavy atom. The van der Waals surface area contributed by atoms with Crippen LogP contribution in [0.3, 0.4) is 0 Å². The summed E-state index contributed by atoms with van der Waals surface area (Å²) in [4.78, 5) is 13.2. The first kappa shape index (κ1) is 22.2. The highest BCUT2D eigenvalue weighted by Gasteiger charge is 2.31. The van der Waals surface area contributed by atoms with E-state index in [-0.39, 0.29) is 22.3 Å². The van der Waals surface area contributed by atoms with Gasteiger partial charge in [-0.05, 0) is 43.9 Å². The third-order valence-electron chi connectivity index (χ3n) is 5.63. The van der Waals surface area contributed by atoms with Crippen molar-refractivity contribution in [3.05, 3.63) is 82.7 Å². The summed E-state index contributed by atoms with van der Waals surface area (Å²) in [6.45, 7) is 2.01. The van der Waals surface area contributed by atoms with E-state index in [1.807, 2.05) is 31.2 Å². The first-order chi connectivity index (χ1) is 15.1. The van der Waals surface area contributed by atoms with Crippen molar-refractivity contribution in [1.29, 1.82) is 4.78 Å². The number of hydrogen-bond donors (Lipinski definition) is 3. The number of anilines is 1. The largest absolute Gasteiger partial charge is 0.345 e. The number of benzene rings is 2. The van der Waals surface area contributed by atoms with Crippen LogP contribution in [0.15, 0.2) is 53.6 Å². The molecule has 9 heteroatoms. The maximum absolute atomic E-state index is 13.5. The first-order valence-electron chi connectivity index (χ1n) is 10.2. The quantitative estimate of drug-likeness (QED) is 0.543. The molecule has 1 aromatic heterocycles. The van der Waals surface area contributed by atoms with Crippen molar-refractivity contribution in [3.63, 3.8) is 0 Å². The van der Waals surface area contributed by atoms with Crippen molar-refractivity contribution in [2.24, 2.45) is 7.05 Å². The SMILES string of the molecule is Cc1ccc(C[C@H]2CCc3c(cn(C)c3C(=O)Nc3ccc(F)c(F)c3)S(=N)(=O)N2)cc1. The minimum atomic E-state index is -3.34. The van der Waals surface area contributed by atoms with Crippen LogP contribution in [0.25, 0.3) is 0 Å². The van der Waals surface area contributed by atoms with Crippen molar-refractivity contribution in [1.82, 2.24) is 9.29 Å². The summed E-state index contributed by atoms with van der Waals surface area (Å²) in [5.74, 6) is -2.60. The molecular formula is C23H24F2N4O2S. The van der Waals surface area contributed by atoms with E-state index in [4.69, 9.17) is 4.78 Å². The Bertz CT molecular complexity index is 1280. The molecule has 0 radical (unpaired) electrons. The molecule has 3 aromatic rings. The summed E-state index contributed by atoms with van der Waals surface area (Å²) in [5.41, 5.74) is 3.12. The lowest BCUT2D eigenvalue weighted by atomic mass is 9.99. The highest BCUT2D eigenvalue weighted by atomic mass is 32.2. The lowest BCUT2D eigenvalue weighted by Gasteiger charge is -2.17. The highest BCUT2D eigenvalue weighted by molar-refractivity contribution is 7.90. The van der Waals surface area contributed by atoms with Gasteiger partial charge in [-0.2, -0.15) is 0 Å². The lowest BCUT2D eigenvalue weighted by Crippen LogP contribution is -2.34. The predicted molar refractivity (Wildman–Crippen MR) is 119 cm³/mol. The highest BCUT2D eigenvalue weighted by Crippen LogP contribution is 2.29. The maximum Gasteiger partial charge on any atom is 0.272 e. The average Bonchev–Trinajstić information content (AvgIpc) is 3.02. The van der Waals surface area contributed by atoms with Crippen LogP contribution < -0.4 is 10.0 Å². The van der Waals surface area contributed by atoms with Gasteiger partial charge in [-0.1, -0.05) is 29.8 Å². The van der Waals surface area contributed by atoms with Gasteiger partial charge in [-0.25, -0.2) is 22.5 Å². The van der Waals surface area contributed by atoms with Crippen molar-refractivity contribution in [3.8, 4) is 0 Å². The second-order valence-corrected chi connectivity index (χ2v) is 9.90. The fourth-order valence-electron chi connectivity index (χ4n) is 4.03. The van der Waals surface area contributed by atoms with Crippen LogP contribution in [0.4, 0.5) is 14.5 Å². The number of nitrogens with zero attached hydrogens (tertiary/aromatic N) is 1. The Balaban J connectivity index is 1.60. The van der Waals surface area contributed by atoms with Crippen LogP contribution in [-0.2, 0) is 29.8 Å². The summed E-state index contributed by atoms with van der Waals surface area (Å²) < 4.78 is 52.9. The molecule has 0 spiro atoms. The number of amides is 1. The maximum atomic E-state index is 13.5. The smallest absolute Gasteiger partial charge is 0.272 e. The number of aromatic nitrogens is 1. The Labute approximate surface area is 185 Å². The minimum absolute atomic E-state index is 0.111. The zero-order valence-electron chi connectivity index (χ0n) is 17.7. The summed E-state index contributed by atoms with van der Waals surface area (Å²) in [5, 5.41) is 2.57. The third-order valence-corrected chi connectivity index (χ3v) is 7.26. The standard InChI is InChI=1S/C23H24F2N4O2S/c1-14-3-5-15(6-4-14)11-17-7-9-18-21(32(26,31)28-17)13-29(2)22(18)23(30)27-16-8-10-19(24)20(25)12-16/h3-6,8,10,12-13,17H,7,9,11H2,1-2H3,(H,27,30)(H2,26,28,31)/t17-,32?/m1/s1. The van der Waals surface area contributed by atoms with E-state index >= 15 is 0 Å². The third kappa shape index (κ3) is 4.44. The lowest BCUT2D eigenvalue weighted by molar-refractivity contribution is 0.101. The fourth-order valence-corrected chi connectivity index (χ4v) is 5.68. The van der Waals surface area contributed by atoms with E-state index in [2.05, 4.69) is 10.0 Å². The molecule has 168 valence electrons. The van der Waals surface area contributed by atoms with E-state index in [1.54, 1.807) is 7.05 Å². The minimum Gasteiger partial charge on any atom is -0.345 e. The predicted octanol–water partition coefficient (Wildman–Crippen LogP) is 4.33. The van der Waals surface area contributed by atoms with Crippen LogP contribution in [-0.4, -0.2) is 20.7 Å². The summed E-state index contributed by atoms with van der Waals surface area (Å²) in [6, 6.07) is 11.0. The topological polar surface area (TPSA) is 87.0 Å². The number of nitrogens with one attached hydrogen (secondary N) is 3. The van der Waals surface area contributed by atoms with Crippen LogP contribution in [0.1, 0.15) is 33.6 Å². The number of aryl methyl sites for hydroxylation is 2. The van der Waals surface area contributed by atoms with Crippen LogP contribution in [0.2, 0.25) is 0 Å². The monoisotopic (exact) mass is 458 g/mol. The second-order valence-electron chi connectivity index (χ2n) is 8.11. The Hall–Kier alpha value is -3.04. The molecule has 2 atom stereocenters. The molecule has 1 unspecified atom stereocenters. The van der Waals surface area contributed by atoms with Gasteiger partial charge in [0.1, 0.15) is 15.6 Å². The molecule has 1 aliphatic heterocycles. The van der Waals surface area contributed by atoms with E-state index < -0.39 is 27.5 Å². The van der Waals surface area contributed by atoms with Gasteiger partial charge in [0.05, 0.1) is 4.90 Å². The van der Waals surface area contributed by atoms with Crippen LogP contribution >= 0.6 is 0 Å². The molecule has 0 saturated carbocycles. The van der Waals surface area contributed by atoms with E-state index in [9.17, 15) is 17.8 Å². The zero-order chi connectivity index (χ0) is 23.0. The Morgan fingerprint density at radius 3 is 2.62 bits per heavy atom. The number of carbonyl (C=O) groups is 1. The number of carbonyl (C=O) groups excluding carboxylic acids is 1. The van der Waals surface area contributed by atoms with Gasteiger partial charge in [0.25, 0.3) is 5.91 Å². The fraction of sp³-hybridized carbons (Fsp3) is 0.261. The molecule has 2 heterocycles. The van der Waals surface area contributed by atoms with E-state index in [0.717, 1.165) is 23.3 Å². The van der Waals surface area contributed by atoms with Gasteiger partial charge in [0.15, 0.2) is 11.6 Å². The first-order valence-corrected chi connectivity index (χ1v) is 11.8. The molecule has 4 rings (SSSR count). The Kier molecular flexibility index (Phi) is 5.87. The van der Waals surface area contributed by atoms with Crippen LogP contribution in [0, 0.1) is 23.3 Å². The molecule has 1 amide bonds. The van der Waals surface area contributed by atoms with Crippen molar-refractivity contribution in [2.75, 3.05) is 5.32 Å². The summed E-state index contributed by atoms with van der Waals surface area (Å²) >= 11 is 0. The van der Waals surface area contributed by atoms with Crippen molar-refractivity contribution in [2.45, 2.75) is 37.1 Å². The van der Waals surface area contributed by atoms with Gasteiger partial charge in [0, 0.05) is 36.6 Å². The average molecular weight is 459 g/mol.